The summed E-state index contributed by atoms with van der Waals surface area (Å²) in [6.45, 7) is 4.31. The van der Waals surface area contributed by atoms with Crippen LogP contribution in [0.2, 0.25) is 0 Å². The highest BCUT2D eigenvalue weighted by molar-refractivity contribution is 5.86. The monoisotopic (exact) mass is 288 g/mol. The average Bonchev–Trinajstić information content (AvgIpc) is 2.96. The van der Waals surface area contributed by atoms with E-state index in [2.05, 4.69) is 16.0 Å². The smallest absolute Gasteiger partial charge is 0.242 e. The fourth-order valence-electron chi connectivity index (χ4n) is 3.39. The topological polar surface area (TPSA) is 62.5 Å². The van der Waals surface area contributed by atoms with Gasteiger partial charge >= 0.3 is 0 Å². The molecule has 1 aliphatic carbocycles. The lowest BCUT2D eigenvalue weighted by Crippen LogP contribution is -2.58. The molecule has 5 heteroatoms. The molecule has 1 saturated carbocycles. The molecule has 2 N–H and O–H groups in total. The first-order valence-electron chi connectivity index (χ1n) is 7.87. The van der Waals surface area contributed by atoms with E-state index in [1.54, 1.807) is 6.20 Å². The maximum atomic E-state index is 12.6. The summed E-state index contributed by atoms with van der Waals surface area (Å²) in [6.07, 6.45) is 7.57. The van der Waals surface area contributed by atoms with Crippen molar-refractivity contribution in [3.8, 4) is 0 Å². The zero-order valence-corrected chi connectivity index (χ0v) is 12.5. The SMILES string of the molecule is NC1(C(=O)N2CCN(Cc3cccnc3)CC2)CCCC1. The summed E-state index contributed by atoms with van der Waals surface area (Å²) in [5, 5.41) is 0. The third-order valence-corrected chi connectivity index (χ3v) is 4.71. The molecule has 0 bridgehead atoms. The van der Waals surface area contributed by atoms with E-state index in [1.165, 1.54) is 5.56 Å². The van der Waals surface area contributed by atoms with Crippen LogP contribution < -0.4 is 5.73 Å². The van der Waals surface area contributed by atoms with Crippen molar-refractivity contribution in [3.63, 3.8) is 0 Å². The number of piperazine rings is 1. The number of carbonyl (C=O) groups is 1. The maximum Gasteiger partial charge on any atom is 0.242 e. The van der Waals surface area contributed by atoms with E-state index >= 15 is 0 Å². The molecule has 5 nitrogen and oxygen atoms in total. The summed E-state index contributed by atoms with van der Waals surface area (Å²) in [4.78, 5) is 21.0. The first kappa shape index (κ1) is 14.5. The van der Waals surface area contributed by atoms with Gasteiger partial charge in [0.15, 0.2) is 0 Å². The van der Waals surface area contributed by atoms with E-state index in [-0.39, 0.29) is 5.91 Å². The lowest BCUT2D eigenvalue weighted by Gasteiger charge is -2.38. The largest absolute Gasteiger partial charge is 0.339 e. The summed E-state index contributed by atoms with van der Waals surface area (Å²) in [5.41, 5.74) is 6.93. The van der Waals surface area contributed by atoms with Gasteiger partial charge in [0.2, 0.25) is 5.91 Å². The van der Waals surface area contributed by atoms with Crippen molar-refractivity contribution in [2.75, 3.05) is 26.2 Å². The quantitative estimate of drug-likeness (QED) is 0.901. The first-order valence-corrected chi connectivity index (χ1v) is 7.87. The van der Waals surface area contributed by atoms with Crippen molar-refractivity contribution >= 4 is 5.91 Å². The van der Waals surface area contributed by atoms with Gasteiger partial charge in [0.25, 0.3) is 0 Å². The van der Waals surface area contributed by atoms with Gasteiger partial charge in [-0.05, 0) is 24.5 Å². The third-order valence-electron chi connectivity index (χ3n) is 4.71. The first-order chi connectivity index (χ1) is 10.2. The van der Waals surface area contributed by atoms with Gasteiger partial charge in [0, 0.05) is 45.1 Å². The van der Waals surface area contributed by atoms with Crippen LogP contribution in [0.4, 0.5) is 0 Å². The minimum absolute atomic E-state index is 0.168. The number of carbonyl (C=O) groups excluding carboxylic acids is 1. The number of aromatic nitrogens is 1. The molecule has 0 unspecified atom stereocenters. The molecule has 1 saturated heterocycles. The predicted molar refractivity (Wildman–Crippen MR) is 81.5 cm³/mol. The van der Waals surface area contributed by atoms with Gasteiger partial charge < -0.3 is 10.6 Å². The molecule has 2 heterocycles. The summed E-state index contributed by atoms with van der Waals surface area (Å²) >= 11 is 0. The van der Waals surface area contributed by atoms with Crippen molar-refractivity contribution in [2.24, 2.45) is 5.73 Å². The summed E-state index contributed by atoms with van der Waals surface area (Å²) in [6, 6.07) is 4.06. The van der Waals surface area contributed by atoms with E-state index in [9.17, 15) is 4.79 Å². The van der Waals surface area contributed by atoms with Crippen molar-refractivity contribution in [1.29, 1.82) is 0 Å². The van der Waals surface area contributed by atoms with Crippen LogP contribution in [0, 0.1) is 0 Å². The van der Waals surface area contributed by atoms with Gasteiger partial charge in [0.05, 0.1) is 5.54 Å². The second-order valence-corrected chi connectivity index (χ2v) is 6.29. The van der Waals surface area contributed by atoms with Crippen LogP contribution in [0.25, 0.3) is 0 Å². The fraction of sp³-hybridized carbons (Fsp3) is 0.625. The highest BCUT2D eigenvalue weighted by Gasteiger charge is 2.40. The maximum absolute atomic E-state index is 12.6. The molecule has 1 aromatic rings. The van der Waals surface area contributed by atoms with E-state index in [1.807, 2.05) is 17.2 Å². The number of hydrogen-bond donors (Lipinski definition) is 1. The van der Waals surface area contributed by atoms with E-state index < -0.39 is 5.54 Å². The van der Waals surface area contributed by atoms with Gasteiger partial charge in [-0.3, -0.25) is 14.7 Å². The Balaban J connectivity index is 1.52. The Labute approximate surface area is 126 Å². The Morgan fingerprint density at radius 3 is 2.57 bits per heavy atom. The Bertz CT molecular complexity index is 476. The molecular weight excluding hydrogens is 264 g/mol. The molecule has 0 atom stereocenters. The molecule has 1 aliphatic heterocycles. The standard InChI is InChI=1S/C16H24N4O/c17-16(5-1-2-6-16)15(21)20-10-8-19(9-11-20)13-14-4-3-7-18-12-14/h3-4,7,12H,1-2,5-6,8-11,13,17H2. The molecule has 0 radical (unpaired) electrons. The molecular formula is C16H24N4O. The van der Waals surface area contributed by atoms with E-state index in [0.29, 0.717) is 0 Å². The van der Waals surface area contributed by atoms with Gasteiger partial charge in [-0.25, -0.2) is 0 Å². The van der Waals surface area contributed by atoms with Crippen LogP contribution in [-0.2, 0) is 11.3 Å². The van der Waals surface area contributed by atoms with Crippen LogP contribution in [0.1, 0.15) is 31.2 Å². The zero-order chi connectivity index (χ0) is 14.7. The second-order valence-electron chi connectivity index (χ2n) is 6.29. The molecule has 2 fully saturated rings. The number of nitrogens with two attached hydrogens (primary N) is 1. The normalized spacial score (nSPS) is 22.4. The molecule has 1 aromatic heterocycles. The van der Waals surface area contributed by atoms with Crippen LogP contribution in [0.3, 0.4) is 0 Å². The number of hydrogen-bond acceptors (Lipinski definition) is 4. The Hall–Kier alpha value is -1.46. The molecule has 2 aliphatic rings. The minimum atomic E-state index is -0.578. The number of amides is 1. The lowest BCUT2D eigenvalue weighted by molar-refractivity contribution is -0.138. The van der Waals surface area contributed by atoms with Gasteiger partial charge in [0.1, 0.15) is 0 Å². The molecule has 0 aromatic carbocycles. The van der Waals surface area contributed by atoms with Crippen LogP contribution in [0.5, 0.6) is 0 Å². The van der Waals surface area contributed by atoms with Crippen molar-refractivity contribution < 1.29 is 4.79 Å². The molecule has 1 amide bonds. The van der Waals surface area contributed by atoms with Crippen molar-refractivity contribution in [3.05, 3.63) is 30.1 Å². The minimum Gasteiger partial charge on any atom is -0.339 e. The molecule has 0 spiro atoms. The van der Waals surface area contributed by atoms with Gasteiger partial charge in [-0.2, -0.15) is 0 Å². The van der Waals surface area contributed by atoms with Crippen LogP contribution in [-0.4, -0.2) is 52.4 Å². The summed E-state index contributed by atoms with van der Waals surface area (Å²) in [7, 11) is 0. The molecule has 114 valence electrons. The Morgan fingerprint density at radius 2 is 1.95 bits per heavy atom. The zero-order valence-electron chi connectivity index (χ0n) is 12.5. The van der Waals surface area contributed by atoms with Crippen molar-refractivity contribution in [1.82, 2.24) is 14.8 Å². The average molecular weight is 288 g/mol. The number of pyridine rings is 1. The fourth-order valence-corrected chi connectivity index (χ4v) is 3.39. The van der Waals surface area contributed by atoms with Crippen LogP contribution >= 0.6 is 0 Å². The highest BCUT2D eigenvalue weighted by Crippen LogP contribution is 2.29. The third kappa shape index (κ3) is 3.24. The number of rotatable bonds is 3. The molecule has 3 rings (SSSR count). The Morgan fingerprint density at radius 1 is 1.24 bits per heavy atom. The predicted octanol–water partition coefficient (Wildman–Crippen LogP) is 0.997. The van der Waals surface area contributed by atoms with E-state index in [0.717, 1.165) is 58.4 Å². The highest BCUT2D eigenvalue weighted by atomic mass is 16.2. The van der Waals surface area contributed by atoms with E-state index in [4.69, 9.17) is 5.73 Å². The summed E-state index contributed by atoms with van der Waals surface area (Å²) in [5.74, 6) is 0.168. The second kappa shape index (κ2) is 6.12. The lowest BCUT2D eigenvalue weighted by atomic mass is 9.97. The number of nitrogens with zero attached hydrogens (tertiary/aromatic N) is 3. The van der Waals surface area contributed by atoms with Gasteiger partial charge in [-0.1, -0.05) is 18.9 Å². The summed E-state index contributed by atoms with van der Waals surface area (Å²) < 4.78 is 0. The Kier molecular flexibility index (Phi) is 4.22. The van der Waals surface area contributed by atoms with Crippen LogP contribution in [0.15, 0.2) is 24.5 Å². The van der Waals surface area contributed by atoms with Gasteiger partial charge in [-0.15, -0.1) is 0 Å². The van der Waals surface area contributed by atoms with Crippen molar-refractivity contribution in [2.45, 2.75) is 37.8 Å². The molecule has 21 heavy (non-hydrogen) atoms.